The molecule has 5 nitrogen and oxygen atoms in total. The lowest BCUT2D eigenvalue weighted by Gasteiger charge is -2.32. The summed E-state index contributed by atoms with van der Waals surface area (Å²) in [5.41, 5.74) is 3.48. The Bertz CT molecular complexity index is 912. The van der Waals surface area contributed by atoms with Crippen LogP contribution in [0.5, 0.6) is 0 Å². The topological polar surface area (TPSA) is 53.6 Å². The smallest absolute Gasteiger partial charge is 0.339 e. The van der Waals surface area contributed by atoms with E-state index in [0.717, 1.165) is 24.6 Å². The Labute approximate surface area is 195 Å². The van der Waals surface area contributed by atoms with Gasteiger partial charge < -0.3 is 20.3 Å². The number of piperidine rings is 1. The number of hydrogen-bond acceptors (Lipinski definition) is 4. The standard InChI is InChI=1S/C24H30ClN3O2S/c1-4-30-23(29)21-10-7-19(15-22(21)25)27-24(31)26-17(3)18-5-8-20(9-6-18)28-13-11-16(2)12-14-28/h5-10,15-17H,4,11-14H2,1-3H3,(H2,26,27,31)/t17-/m1/s1. The lowest BCUT2D eigenvalue weighted by molar-refractivity contribution is 0.0526. The molecule has 3 rings (SSSR count). The van der Waals surface area contributed by atoms with Gasteiger partial charge in [-0.2, -0.15) is 0 Å². The van der Waals surface area contributed by atoms with Crippen LogP contribution in [0.25, 0.3) is 0 Å². The number of nitrogens with zero attached hydrogens (tertiary/aromatic N) is 1. The first-order chi connectivity index (χ1) is 14.9. The van der Waals surface area contributed by atoms with E-state index in [1.807, 2.05) is 0 Å². The van der Waals surface area contributed by atoms with Crippen molar-refractivity contribution in [2.24, 2.45) is 5.92 Å². The highest BCUT2D eigenvalue weighted by Crippen LogP contribution is 2.25. The largest absolute Gasteiger partial charge is 0.462 e. The molecule has 0 saturated carbocycles. The summed E-state index contributed by atoms with van der Waals surface area (Å²) < 4.78 is 5.00. The van der Waals surface area contributed by atoms with Crippen LogP contribution < -0.4 is 15.5 Å². The minimum absolute atomic E-state index is 0.0460. The van der Waals surface area contributed by atoms with Crippen molar-refractivity contribution < 1.29 is 9.53 Å². The first-order valence-electron chi connectivity index (χ1n) is 10.8. The Hall–Kier alpha value is -2.31. The molecule has 0 unspecified atom stereocenters. The van der Waals surface area contributed by atoms with Crippen LogP contribution in [-0.2, 0) is 4.74 Å². The number of ether oxygens (including phenoxy) is 1. The van der Waals surface area contributed by atoms with Crippen molar-refractivity contribution in [1.29, 1.82) is 0 Å². The van der Waals surface area contributed by atoms with E-state index < -0.39 is 5.97 Å². The molecule has 1 fully saturated rings. The van der Waals surface area contributed by atoms with Crippen molar-refractivity contribution >= 4 is 46.3 Å². The quantitative estimate of drug-likeness (QED) is 0.420. The van der Waals surface area contributed by atoms with E-state index in [-0.39, 0.29) is 6.04 Å². The van der Waals surface area contributed by atoms with Crippen molar-refractivity contribution in [2.75, 3.05) is 29.9 Å². The number of carbonyl (C=O) groups is 1. The number of nitrogens with one attached hydrogen (secondary N) is 2. The molecule has 7 heteroatoms. The van der Waals surface area contributed by atoms with Crippen molar-refractivity contribution in [2.45, 2.75) is 39.7 Å². The Morgan fingerprint density at radius 2 is 1.90 bits per heavy atom. The summed E-state index contributed by atoms with van der Waals surface area (Å²) >= 11 is 11.7. The fourth-order valence-corrected chi connectivity index (χ4v) is 4.21. The van der Waals surface area contributed by atoms with E-state index in [1.165, 1.54) is 18.5 Å². The van der Waals surface area contributed by atoms with E-state index in [2.05, 4.69) is 53.6 Å². The average Bonchev–Trinajstić information content (AvgIpc) is 2.74. The van der Waals surface area contributed by atoms with Gasteiger partial charge in [0, 0.05) is 24.5 Å². The van der Waals surface area contributed by atoms with Gasteiger partial charge >= 0.3 is 5.97 Å². The summed E-state index contributed by atoms with van der Waals surface area (Å²) in [6.07, 6.45) is 2.51. The van der Waals surface area contributed by atoms with E-state index >= 15 is 0 Å². The minimum Gasteiger partial charge on any atom is -0.462 e. The molecule has 0 aliphatic carbocycles. The number of benzene rings is 2. The molecular formula is C24H30ClN3O2S. The second-order valence-corrected chi connectivity index (χ2v) is 8.81. The molecule has 1 heterocycles. The highest BCUT2D eigenvalue weighted by atomic mass is 35.5. The molecule has 2 N–H and O–H groups in total. The maximum absolute atomic E-state index is 11.9. The maximum atomic E-state index is 11.9. The van der Waals surface area contributed by atoms with Gasteiger partial charge in [0.1, 0.15) is 0 Å². The number of thiocarbonyl (C=S) groups is 1. The first-order valence-corrected chi connectivity index (χ1v) is 11.5. The van der Waals surface area contributed by atoms with Crippen LogP contribution in [0.2, 0.25) is 5.02 Å². The lowest BCUT2D eigenvalue weighted by atomic mass is 9.98. The summed E-state index contributed by atoms with van der Waals surface area (Å²) in [7, 11) is 0. The third-order valence-corrected chi connectivity index (χ3v) is 6.14. The molecule has 0 spiro atoms. The minimum atomic E-state index is -0.434. The van der Waals surface area contributed by atoms with E-state index in [0.29, 0.717) is 28.0 Å². The molecule has 1 aliphatic rings. The number of esters is 1. The monoisotopic (exact) mass is 459 g/mol. The average molecular weight is 460 g/mol. The van der Waals surface area contributed by atoms with Gasteiger partial charge in [0.25, 0.3) is 0 Å². The Balaban J connectivity index is 1.55. The summed E-state index contributed by atoms with van der Waals surface area (Å²) in [4.78, 5) is 14.3. The SMILES string of the molecule is CCOC(=O)c1ccc(NC(=S)N[C@H](C)c2ccc(N3CCC(C)CC3)cc2)cc1Cl. The van der Waals surface area contributed by atoms with E-state index in [9.17, 15) is 4.79 Å². The zero-order valence-electron chi connectivity index (χ0n) is 18.3. The molecule has 0 aromatic heterocycles. The van der Waals surface area contributed by atoms with Gasteiger partial charge in [-0.25, -0.2) is 4.79 Å². The third-order valence-electron chi connectivity index (χ3n) is 5.61. The van der Waals surface area contributed by atoms with Gasteiger partial charge in [0.05, 0.1) is 23.2 Å². The Morgan fingerprint density at radius 3 is 2.52 bits per heavy atom. The van der Waals surface area contributed by atoms with Crippen LogP contribution in [0.4, 0.5) is 11.4 Å². The Kier molecular flexibility index (Phi) is 8.15. The molecule has 166 valence electrons. The van der Waals surface area contributed by atoms with Crippen molar-refractivity contribution in [3.8, 4) is 0 Å². The first kappa shape index (κ1) is 23.4. The second kappa shape index (κ2) is 10.8. The van der Waals surface area contributed by atoms with Gasteiger partial charge in [-0.3, -0.25) is 0 Å². The van der Waals surface area contributed by atoms with Crippen LogP contribution in [0.3, 0.4) is 0 Å². The molecule has 0 radical (unpaired) electrons. The number of hydrogen-bond donors (Lipinski definition) is 2. The lowest BCUT2D eigenvalue weighted by Crippen LogP contribution is -2.33. The molecule has 1 saturated heterocycles. The van der Waals surface area contributed by atoms with Crippen LogP contribution in [0.15, 0.2) is 42.5 Å². The predicted molar refractivity (Wildman–Crippen MR) is 132 cm³/mol. The molecule has 0 amide bonds. The maximum Gasteiger partial charge on any atom is 0.339 e. The molecule has 0 bridgehead atoms. The summed E-state index contributed by atoms with van der Waals surface area (Å²) in [5, 5.41) is 7.23. The zero-order chi connectivity index (χ0) is 22.4. The zero-order valence-corrected chi connectivity index (χ0v) is 19.9. The predicted octanol–water partition coefficient (Wildman–Crippen LogP) is 5.80. The van der Waals surface area contributed by atoms with Gasteiger partial charge in [-0.05, 0) is 80.7 Å². The van der Waals surface area contributed by atoms with Gasteiger partial charge in [-0.1, -0.05) is 30.7 Å². The second-order valence-electron chi connectivity index (χ2n) is 8.00. The van der Waals surface area contributed by atoms with Crippen LogP contribution >= 0.6 is 23.8 Å². The van der Waals surface area contributed by atoms with Crippen molar-refractivity contribution in [3.05, 3.63) is 58.6 Å². The molecule has 2 aromatic rings. The van der Waals surface area contributed by atoms with E-state index in [4.69, 9.17) is 28.6 Å². The number of anilines is 2. The number of rotatable bonds is 6. The Morgan fingerprint density at radius 1 is 1.23 bits per heavy atom. The summed E-state index contributed by atoms with van der Waals surface area (Å²) in [6, 6.07) is 13.8. The molecule has 1 aliphatic heterocycles. The van der Waals surface area contributed by atoms with Gasteiger partial charge in [0.15, 0.2) is 5.11 Å². The fraction of sp³-hybridized carbons (Fsp3) is 0.417. The molecule has 31 heavy (non-hydrogen) atoms. The van der Waals surface area contributed by atoms with Gasteiger partial charge in [0.2, 0.25) is 0 Å². The van der Waals surface area contributed by atoms with Crippen LogP contribution in [0, 0.1) is 5.92 Å². The molecular weight excluding hydrogens is 430 g/mol. The molecule has 1 atom stereocenters. The highest BCUT2D eigenvalue weighted by Gasteiger charge is 2.17. The van der Waals surface area contributed by atoms with Crippen molar-refractivity contribution in [3.63, 3.8) is 0 Å². The third kappa shape index (κ3) is 6.34. The van der Waals surface area contributed by atoms with Gasteiger partial charge in [-0.15, -0.1) is 0 Å². The number of halogens is 1. The fourth-order valence-electron chi connectivity index (χ4n) is 3.66. The van der Waals surface area contributed by atoms with Crippen molar-refractivity contribution in [1.82, 2.24) is 5.32 Å². The number of carbonyl (C=O) groups excluding carboxylic acids is 1. The molecule has 2 aromatic carbocycles. The summed E-state index contributed by atoms with van der Waals surface area (Å²) in [5.74, 6) is 0.389. The van der Waals surface area contributed by atoms with Crippen LogP contribution in [-0.4, -0.2) is 30.8 Å². The highest BCUT2D eigenvalue weighted by molar-refractivity contribution is 7.80. The van der Waals surface area contributed by atoms with E-state index in [1.54, 1.807) is 25.1 Å². The normalized spacial score (nSPS) is 15.3. The van der Waals surface area contributed by atoms with Crippen LogP contribution in [0.1, 0.15) is 55.6 Å². The summed E-state index contributed by atoms with van der Waals surface area (Å²) in [6.45, 7) is 8.71.